The van der Waals surface area contributed by atoms with Crippen molar-refractivity contribution in [2.24, 2.45) is 40.7 Å². The second-order valence-corrected chi connectivity index (χ2v) is 14.4. The summed E-state index contributed by atoms with van der Waals surface area (Å²) in [5.74, 6) is 1.65. The van der Waals surface area contributed by atoms with Crippen LogP contribution in [0.1, 0.15) is 105 Å². The highest BCUT2D eigenvalue weighted by atomic mass is 16.3. The van der Waals surface area contributed by atoms with Crippen molar-refractivity contribution in [1.29, 1.82) is 0 Å². The molecule has 2 aliphatic carbocycles. The highest BCUT2D eigenvalue weighted by molar-refractivity contribution is 5.81. The van der Waals surface area contributed by atoms with Crippen LogP contribution in [0.5, 0.6) is 0 Å². The number of carbonyl (C=O) groups is 2. The lowest BCUT2D eigenvalue weighted by atomic mass is 9.57. The summed E-state index contributed by atoms with van der Waals surface area (Å²) < 4.78 is 0. The van der Waals surface area contributed by atoms with Crippen molar-refractivity contribution in [3.63, 3.8) is 0 Å². The number of aliphatic hydroxyl groups excluding tert-OH is 1. The van der Waals surface area contributed by atoms with Gasteiger partial charge in [0.25, 0.3) is 0 Å². The number of nitrogen functional groups attached to an aromatic ring is 1. The van der Waals surface area contributed by atoms with Gasteiger partial charge in [-0.1, -0.05) is 60.1 Å². The van der Waals surface area contributed by atoms with Crippen molar-refractivity contribution in [1.82, 2.24) is 10.6 Å². The van der Waals surface area contributed by atoms with Gasteiger partial charge in [0.15, 0.2) is 0 Å². The molecule has 7 nitrogen and oxygen atoms in total. The van der Waals surface area contributed by atoms with E-state index in [0.29, 0.717) is 24.2 Å². The van der Waals surface area contributed by atoms with E-state index in [4.69, 9.17) is 11.5 Å². The highest BCUT2D eigenvalue weighted by Gasteiger charge is 2.44. The van der Waals surface area contributed by atoms with Crippen molar-refractivity contribution in [3.8, 4) is 0 Å². The van der Waals surface area contributed by atoms with Gasteiger partial charge in [0.05, 0.1) is 12.1 Å². The molecule has 2 fully saturated rings. The molecule has 41 heavy (non-hydrogen) atoms. The van der Waals surface area contributed by atoms with Crippen molar-refractivity contribution >= 4 is 17.5 Å². The Kier molecular flexibility index (Phi) is 11.7. The number of carbonyl (C=O) groups excluding carboxylic acids is 2. The predicted molar refractivity (Wildman–Crippen MR) is 168 cm³/mol. The molecule has 0 bridgehead atoms. The number of nitrogens with two attached hydrogens (primary N) is 2. The van der Waals surface area contributed by atoms with Gasteiger partial charge in [-0.15, -0.1) is 0 Å². The summed E-state index contributed by atoms with van der Waals surface area (Å²) in [5, 5.41) is 16.9. The van der Waals surface area contributed by atoms with Crippen LogP contribution in [0.2, 0.25) is 0 Å². The van der Waals surface area contributed by atoms with Gasteiger partial charge in [0.1, 0.15) is 0 Å². The molecule has 2 aliphatic rings. The SMILES string of the molecule is CCCCNC(=O)CCC(C)(C)C1CC(C(C)C(N)C(=O)NCC(O)C2CCC(C(C)(C)c3ccc(N)cc3)C2)C1. The minimum atomic E-state index is -0.582. The normalized spacial score (nSPS) is 25.2. The Labute approximate surface area is 249 Å². The topological polar surface area (TPSA) is 130 Å². The van der Waals surface area contributed by atoms with Gasteiger partial charge < -0.3 is 27.2 Å². The van der Waals surface area contributed by atoms with Gasteiger partial charge in [0, 0.05) is 25.2 Å². The second kappa shape index (κ2) is 14.4. The zero-order valence-electron chi connectivity index (χ0n) is 26.5. The number of amides is 2. The van der Waals surface area contributed by atoms with Crippen LogP contribution in [0.3, 0.4) is 0 Å². The third-order valence-corrected chi connectivity index (χ3v) is 10.9. The monoisotopic (exact) mass is 570 g/mol. The molecule has 0 spiro atoms. The van der Waals surface area contributed by atoms with E-state index < -0.39 is 12.1 Å². The van der Waals surface area contributed by atoms with Gasteiger partial charge in [-0.25, -0.2) is 0 Å². The first kappa shape index (κ1) is 33.4. The van der Waals surface area contributed by atoms with Crippen LogP contribution >= 0.6 is 0 Å². The average molecular weight is 571 g/mol. The summed E-state index contributed by atoms with van der Waals surface area (Å²) in [6.07, 6.45) is 8.03. The second-order valence-electron chi connectivity index (χ2n) is 14.4. The van der Waals surface area contributed by atoms with E-state index in [9.17, 15) is 14.7 Å². The smallest absolute Gasteiger partial charge is 0.237 e. The number of benzene rings is 1. The van der Waals surface area contributed by atoms with Crippen LogP contribution in [-0.4, -0.2) is 42.2 Å². The number of rotatable bonds is 15. The van der Waals surface area contributed by atoms with Crippen LogP contribution in [0.15, 0.2) is 24.3 Å². The summed E-state index contributed by atoms with van der Waals surface area (Å²) in [7, 11) is 0. The maximum atomic E-state index is 12.9. The fraction of sp³-hybridized carbons (Fsp3) is 0.765. The molecule has 7 heteroatoms. The van der Waals surface area contributed by atoms with Gasteiger partial charge in [-0.2, -0.15) is 0 Å². The molecule has 232 valence electrons. The quantitative estimate of drug-likeness (QED) is 0.147. The molecule has 0 saturated heterocycles. The molecule has 2 amide bonds. The van der Waals surface area contributed by atoms with Crippen LogP contribution in [0.4, 0.5) is 5.69 Å². The summed E-state index contributed by atoms with van der Waals surface area (Å²) in [4.78, 5) is 25.1. The molecular weight excluding hydrogens is 512 g/mol. The third-order valence-electron chi connectivity index (χ3n) is 10.9. The van der Waals surface area contributed by atoms with Crippen LogP contribution in [0, 0.1) is 35.0 Å². The molecule has 0 aromatic heterocycles. The lowest BCUT2D eigenvalue weighted by molar-refractivity contribution is -0.126. The Morgan fingerprint density at radius 1 is 1.00 bits per heavy atom. The van der Waals surface area contributed by atoms with Crippen molar-refractivity contribution in [3.05, 3.63) is 29.8 Å². The maximum absolute atomic E-state index is 12.9. The molecule has 2 saturated carbocycles. The number of anilines is 1. The number of hydrogen-bond donors (Lipinski definition) is 5. The highest BCUT2D eigenvalue weighted by Crippen LogP contribution is 2.50. The Bertz CT molecular complexity index is 986. The van der Waals surface area contributed by atoms with Crippen molar-refractivity contribution < 1.29 is 14.7 Å². The van der Waals surface area contributed by atoms with Gasteiger partial charge in [-0.05, 0) is 103 Å². The lowest BCUT2D eigenvalue weighted by Crippen LogP contribution is -2.51. The number of hydrogen-bond acceptors (Lipinski definition) is 5. The minimum Gasteiger partial charge on any atom is -0.399 e. The first-order valence-electron chi connectivity index (χ1n) is 16.1. The van der Waals surface area contributed by atoms with Crippen molar-refractivity contribution in [2.75, 3.05) is 18.8 Å². The Morgan fingerprint density at radius 3 is 2.27 bits per heavy atom. The molecule has 3 rings (SSSR count). The zero-order valence-corrected chi connectivity index (χ0v) is 26.5. The summed E-state index contributed by atoms with van der Waals surface area (Å²) in [6, 6.07) is 7.56. The molecule has 0 heterocycles. The van der Waals surface area contributed by atoms with E-state index in [2.05, 4.69) is 64.3 Å². The number of nitrogens with one attached hydrogen (secondary N) is 2. The number of unbranched alkanes of at least 4 members (excludes halogenated alkanes) is 1. The summed E-state index contributed by atoms with van der Waals surface area (Å²) in [6.45, 7) is 14.3. The molecule has 1 aromatic rings. The Balaban J connectivity index is 1.39. The van der Waals surface area contributed by atoms with E-state index in [0.717, 1.165) is 63.6 Å². The van der Waals surface area contributed by atoms with Crippen LogP contribution in [-0.2, 0) is 15.0 Å². The van der Waals surface area contributed by atoms with Gasteiger partial charge >= 0.3 is 0 Å². The van der Waals surface area contributed by atoms with Crippen LogP contribution < -0.4 is 22.1 Å². The molecule has 0 aliphatic heterocycles. The zero-order chi connectivity index (χ0) is 30.4. The fourth-order valence-electron chi connectivity index (χ4n) is 7.05. The van der Waals surface area contributed by atoms with Gasteiger partial charge in [-0.3, -0.25) is 9.59 Å². The molecule has 0 radical (unpaired) electrons. The Morgan fingerprint density at radius 2 is 1.63 bits per heavy atom. The lowest BCUT2D eigenvalue weighted by Gasteiger charge is -2.48. The molecule has 5 unspecified atom stereocenters. The molecule has 1 aromatic carbocycles. The van der Waals surface area contributed by atoms with E-state index >= 15 is 0 Å². The minimum absolute atomic E-state index is 0.000541. The first-order chi connectivity index (χ1) is 19.3. The summed E-state index contributed by atoms with van der Waals surface area (Å²) in [5.41, 5.74) is 14.4. The summed E-state index contributed by atoms with van der Waals surface area (Å²) >= 11 is 0. The van der Waals surface area contributed by atoms with E-state index in [1.165, 1.54) is 5.56 Å². The first-order valence-corrected chi connectivity index (χ1v) is 16.1. The van der Waals surface area contributed by atoms with E-state index in [-0.39, 0.29) is 41.0 Å². The molecule has 7 N–H and O–H groups in total. The third kappa shape index (κ3) is 8.70. The van der Waals surface area contributed by atoms with E-state index in [1.54, 1.807) is 0 Å². The maximum Gasteiger partial charge on any atom is 0.237 e. The standard InChI is InChI=1S/C34H58N4O3/c1-7-8-17-37-30(40)15-16-33(3,4)27-19-24(20-27)22(2)31(36)32(41)38-21-29(39)23-9-10-26(18-23)34(5,6)25-11-13-28(35)14-12-25/h11-14,22-24,26-27,29,31,39H,7-10,15-21,35-36H2,1-6H3,(H,37,40)(H,38,41). The van der Waals surface area contributed by atoms with E-state index in [1.807, 2.05) is 12.1 Å². The average Bonchev–Trinajstić information content (AvgIpc) is 3.41. The fourth-order valence-corrected chi connectivity index (χ4v) is 7.05. The molecule has 5 atom stereocenters. The van der Waals surface area contributed by atoms with Crippen LogP contribution in [0.25, 0.3) is 0 Å². The number of aliphatic hydroxyl groups is 1. The van der Waals surface area contributed by atoms with Gasteiger partial charge in [0.2, 0.25) is 11.8 Å². The Hall–Kier alpha value is -2.12. The van der Waals surface area contributed by atoms with Crippen molar-refractivity contribution in [2.45, 2.75) is 117 Å². The predicted octanol–water partition coefficient (Wildman–Crippen LogP) is 5.15. The molecular formula is C34H58N4O3. The largest absolute Gasteiger partial charge is 0.399 e.